The van der Waals surface area contributed by atoms with E-state index in [0.717, 1.165) is 21.6 Å². The Morgan fingerprint density at radius 3 is 2.50 bits per heavy atom. The number of thioether (sulfide) groups is 1. The molecule has 0 amide bonds. The van der Waals surface area contributed by atoms with Crippen molar-refractivity contribution < 1.29 is 0 Å². The van der Waals surface area contributed by atoms with Gasteiger partial charge in [-0.1, -0.05) is 25.6 Å². The van der Waals surface area contributed by atoms with E-state index in [9.17, 15) is 0 Å². The van der Waals surface area contributed by atoms with E-state index in [2.05, 4.69) is 44.9 Å². The number of aryl methyl sites for hydroxylation is 2. The fourth-order valence-corrected chi connectivity index (χ4v) is 4.20. The Labute approximate surface area is 118 Å². The van der Waals surface area contributed by atoms with Gasteiger partial charge in [-0.05, 0) is 26.7 Å². The second-order valence-electron chi connectivity index (χ2n) is 5.11. The van der Waals surface area contributed by atoms with E-state index in [1.54, 1.807) is 11.3 Å². The largest absolute Gasteiger partial charge is 0.358 e. The van der Waals surface area contributed by atoms with Gasteiger partial charge in [0.2, 0.25) is 0 Å². The van der Waals surface area contributed by atoms with Crippen LogP contribution in [0.3, 0.4) is 0 Å². The van der Waals surface area contributed by atoms with Crippen LogP contribution in [0.2, 0.25) is 0 Å². The van der Waals surface area contributed by atoms with Gasteiger partial charge in [-0.2, -0.15) is 0 Å². The standard InChI is InChI=1S/C13H21N3S2/c1-7(2)11-6-17-13(16-11)15-9(4)12-8(3)14-10(5)18-12/h7,9,11H,6H2,1-5H3,(H,15,16)/t9?,11-/m1/s1. The van der Waals surface area contributed by atoms with Crippen molar-refractivity contribution in [1.29, 1.82) is 0 Å². The van der Waals surface area contributed by atoms with Crippen molar-refractivity contribution in [3.8, 4) is 0 Å². The average Bonchev–Trinajstić information content (AvgIpc) is 2.85. The van der Waals surface area contributed by atoms with Crippen molar-refractivity contribution in [1.82, 2.24) is 10.3 Å². The van der Waals surface area contributed by atoms with Crippen LogP contribution in [0.25, 0.3) is 0 Å². The molecule has 0 spiro atoms. The van der Waals surface area contributed by atoms with Crippen molar-refractivity contribution in [3.05, 3.63) is 15.6 Å². The lowest BCUT2D eigenvalue weighted by atomic mass is 10.1. The fraction of sp³-hybridized carbons (Fsp3) is 0.692. The second kappa shape index (κ2) is 5.61. The maximum Gasteiger partial charge on any atom is 0.157 e. The molecule has 1 aliphatic rings. The number of hydrogen-bond acceptors (Lipinski definition) is 5. The minimum atomic E-state index is 0.299. The lowest BCUT2D eigenvalue weighted by Crippen LogP contribution is -2.23. The molecule has 0 aromatic carbocycles. The Kier molecular flexibility index (Phi) is 4.33. The first-order valence-electron chi connectivity index (χ1n) is 6.38. The van der Waals surface area contributed by atoms with E-state index in [1.165, 1.54) is 4.88 Å². The van der Waals surface area contributed by atoms with E-state index in [4.69, 9.17) is 4.99 Å². The Morgan fingerprint density at radius 1 is 1.28 bits per heavy atom. The van der Waals surface area contributed by atoms with E-state index < -0.39 is 0 Å². The van der Waals surface area contributed by atoms with Crippen molar-refractivity contribution in [2.45, 2.75) is 46.7 Å². The molecule has 0 aliphatic carbocycles. The smallest absolute Gasteiger partial charge is 0.157 e. The van der Waals surface area contributed by atoms with Gasteiger partial charge in [0.15, 0.2) is 5.17 Å². The van der Waals surface area contributed by atoms with Gasteiger partial charge >= 0.3 is 0 Å². The van der Waals surface area contributed by atoms with Gasteiger partial charge < -0.3 is 5.32 Å². The number of amidine groups is 1. The zero-order chi connectivity index (χ0) is 13.3. The summed E-state index contributed by atoms with van der Waals surface area (Å²) < 4.78 is 0. The zero-order valence-corrected chi connectivity index (χ0v) is 13.3. The minimum absolute atomic E-state index is 0.299. The molecule has 0 radical (unpaired) electrons. The van der Waals surface area contributed by atoms with E-state index in [-0.39, 0.29) is 0 Å². The maximum atomic E-state index is 4.74. The highest BCUT2D eigenvalue weighted by atomic mass is 32.2. The first-order valence-corrected chi connectivity index (χ1v) is 8.18. The number of thiazole rings is 1. The molecule has 0 saturated heterocycles. The molecule has 1 aromatic rings. The highest BCUT2D eigenvalue weighted by Gasteiger charge is 2.23. The van der Waals surface area contributed by atoms with Crippen LogP contribution < -0.4 is 5.32 Å². The molecule has 2 heterocycles. The normalized spacial score (nSPS) is 21.2. The second-order valence-corrected chi connectivity index (χ2v) is 7.35. The molecule has 18 heavy (non-hydrogen) atoms. The number of nitrogens with zero attached hydrogens (tertiary/aromatic N) is 2. The lowest BCUT2D eigenvalue weighted by molar-refractivity contribution is 0.541. The van der Waals surface area contributed by atoms with Crippen LogP contribution in [0.4, 0.5) is 0 Å². The highest BCUT2D eigenvalue weighted by Crippen LogP contribution is 2.27. The SMILES string of the molecule is Cc1nc(C)c(C(C)NC2=N[C@@H](C(C)C)CS2)s1. The van der Waals surface area contributed by atoms with Crippen LogP contribution in [-0.2, 0) is 0 Å². The third kappa shape index (κ3) is 3.06. The van der Waals surface area contributed by atoms with E-state index in [1.807, 2.05) is 11.8 Å². The molecule has 1 aromatic heterocycles. The summed E-state index contributed by atoms with van der Waals surface area (Å²) in [6, 6.07) is 0.766. The summed E-state index contributed by atoms with van der Waals surface area (Å²) in [5, 5.41) is 5.74. The maximum absolute atomic E-state index is 4.74. The average molecular weight is 283 g/mol. The highest BCUT2D eigenvalue weighted by molar-refractivity contribution is 8.14. The first-order chi connectivity index (χ1) is 8.47. The number of aromatic nitrogens is 1. The molecule has 2 rings (SSSR count). The molecule has 1 N–H and O–H groups in total. The molecule has 5 heteroatoms. The quantitative estimate of drug-likeness (QED) is 0.922. The molecule has 2 atom stereocenters. The fourth-order valence-electron chi connectivity index (χ4n) is 2.01. The van der Waals surface area contributed by atoms with Gasteiger partial charge in [0.05, 0.1) is 22.8 Å². The molecule has 1 aliphatic heterocycles. The molecule has 0 saturated carbocycles. The van der Waals surface area contributed by atoms with Gasteiger partial charge in [-0.3, -0.25) is 4.99 Å². The summed E-state index contributed by atoms with van der Waals surface area (Å²) in [7, 11) is 0. The summed E-state index contributed by atoms with van der Waals surface area (Å²) in [5.74, 6) is 1.73. The van der Waals surface area contributed by atoms with Crippen LogP contribution >= 0.6 is 23.1 Å². The van der Waals surface area contributed by atoms with Gasteiger partial charge in [0.1, 0.15) is 0 Å². The van der Waals surface area contributed by atoms with Gasteiger partial charge in [-0.15, -0.1) is 11.3 Å². The monoisotopic (exact) mass is 283 g/mol. The summed E-state index contributed by atoms with van der Waals surface area (Å²) in [6.45, 7) is 10.8. The number of nitrogens with one attached hydrogen (secondary N) is 1. The van der Waals surface area contributed by atoms with Gasteiger partial charge in [0.25, 0.3) is 0 Å². The Bertz CT molecular complexity index is 451. The van der Waals surface area contributed by atoms with Crippen LogP contribution in [0.5, 0.6) is 0 Å². The van der Waals surface area contributed by atoms with Gasteiger partial charge in [0, 0.05) is 10.6 Å². The van der Waals surface area contributed by atoms with Crippen molar-refractivity contribution in [2.75, 3.05) is 5.75 Å². The van der Waals surface area contributed by atoms with Crippen LogP contribution in [-0.4, -0.2) is 21.9 Å². The van der Waals surface area contributed by atoms with E-state index >= 15 is 0 Å². The lowest BCUT2D eigenvalue weighted by Gasteiger charge is -2.13. The topological polar surface area (TPSA) is 37.3 Å². The number of hydrogen-bond donors (Lipinski definition) is 1. The van der Waals surface area contributed by atoms with Crippen LogP contribution in [0.1, 0.15) is 42.4 Å². The third-order valence-electron chi connectivity index (χ3n) is 3.12. The zero-order valence-electron chi connectivity index (χ0n) is 11.7. The van der Waals surface area contributed by atoms with Crippen LogP contribution in [0, 0.1) is 19.8 Å². The molecule has 1 unspecified atom stereocenters. The molecule has 0 fully saturated rings. The summed E-state index contributed by atoms with van der Waals surface area (Å²) >= 11 is 3.61. The summed E-state index contributed by atoms with van der Waals surface area (Å²) in [4.78, 5) is 10.5. The first kappa shape index (κ1) is 13.9. The minimum Gasteiger partial charge on any atom is -0.358 e. The summed E-state index contributed by atoms with van der Waals surface area (Å²) in [5.41, 5.74) is 1.14. The molecule has 0 bridgehead atoms. The Morgan fingerprint density at radius 2 is 2.00 bits per heavy atom. The Balaban J connectivity index is 2.02. The van der Waals surface area contributed by atoms with Crippen molar-refractivity contribution >= 4 is 28.3 Å². The van der Waals surface area contributed by atoms with E-state index in [0.29, 0.717) is 18.0 Å². The van der Waals surface area contributed by atoms with Crippen molar-refractivity contribution in [3.63, 3.8) is 0 Å². The Hall–Kier alpha value is -0.550. The number of rotatable bonds is 3. The predicted octanol–water partition coefficient (Wildman–Crippen LogP) is 3.54. The molecule has 3 nitrogen and oxygen atoms in total. The third-order valence-corrected chi connectivity index (χ3v) is 5.38. The number of aliphatic imine (C=N–C) groups is 1. The van der Waals surface area contributed by atoms with Crippen LogP contribution in [0.15, 0.2) is 4.99 Å². The van der Waals surface area contributed by atoms with Crippen molar-refractivity contribution in [2.24, 2.45) is 10.9 Å². The predicted molar refractivity (Wildman–Crippen MR) is 81.7 cm³/mol. The summed E-state index contributed by atoms with van der Waals surface area (Å²) in [6.07, 6.45) is 0. The molecule has 100 valence electrons. The molecular formula is C13H21N3S2. The van der Waals surface area contributed by atoms with Gasteiger partial charge in [-0.25, -0.2) is 4.98 Å². The molecular weight excluding hydrogens is 262 g/mol.